The second-order valence-electron chi connectivity index (χ2n) is 4.36. The minimum atomic E-state index is -0.984. The molecule has 1 heterocycles. The minimum absolute atomic E-state index is 0.340. The van der Waals surface area contributed by atoms with Crippen LogP contribution in [0, 0.1) is 0 Å². The molecule has 0 saturated heterocycles. The quantitative estimate of drug-likeness (QED) is 0.854. The highest BCUT2D eigenvalue weighted by Gasteiger charge is 2.13. The van der Waals surface area contributed by atoms with Crippen LogP contribution in [0.3, 0.4) is 0 Å². The zero-order valence-electron chi connectivity index (χ0n) is 10.3. The van der Waals surface area contributed by atoms with Gasteiger partial charge >= 0.3 is 5.97 Å². The van der Waals surface area contributed by atoms with Crippen molar-refractivity contribution in [1.82, 2.24) is 4.98 Å². The number of pyridine rings is 1. The van der Waals surface area contributed by atoms with E-state index in [-0.39, 0.29) is 0 Å². The van der Waals surface area contributed by atoms with Crippen molar-refractivity contribution >= 4 is 17.6 Å². The SMILES string of the molecule is O=C(O)C(Cl)Cc1ccc(Cc2ccncc2)cc1. The molecule has 1 aromatic carbocycles. The van der Waals surface area contributed by atoms with Crippen molar-refractivity contribution in [3.63, 3.8) is 0 Å². The first-order valence-corrected chi connectivity index (χ1v) is 6.42. The van der Waals surface area contributed by atoms with Crippen LogP contribution in [0.15, 0.2) is 48.8 Å². The molecule has 98 valence electrons. The molecule has 0 aliphatic heterocycles. The smallest absolute Gasteiger partial charge is 0.321 e. The fraction of sp³-hybridized carbons (Fsp3) is 0.200. The van der Waals surface area contributed by atoms with Gasteiger partial charge in [-0.1, -0.05) is 24.3 Å². The number of benzene rings is 1. The Labute approximate surface area is 116 Å². The molecule has 0 radical (unpaired) electrons. The van der Waals surface area contributed by atoms with Gasteiger partial charge in [0.1, 0.15) is 5.38 Å². The number of hydrogen-bond acceptors (Lipinski definition) is 2. The second-order valence-corrected chi connectivity index (χ2v) is 4.89. The van der Waals surface area contributed by atoms with Crippen LogP contribution in [0.25, 0.3) is 0 Å². The van der Waals surface area contributed by atoms with Gasteiger partial charge in [-0.25, -0.2) is 0 Å². The summed E-state index contributed by atoms with van der Waals surface area (Å²) in [4.78, 5) is 14.7. The number of aliphatic carboxylic acids is 1. The summed E-state index contributed by atoms with van der Waals surface area (Å²) in [5, 5.41) is 7.89. The van der Waals surface area contributed by atoms with Crippen molar-refractivity contribution in [3.8, 4) is 0 Å². The molecule has 1 aromatic heterocycles. The van der Waals surface area contributed by atoms with E-state index in [2.05, 4.69) is 4.98 Å². The number of hydrogen-bond donors (Lipinski definition) is 1. The molecule has 1 unspecified atom stereocenters. The number of carbonyl (C=O) groups is 1. The molecule has 0 aliphatic carbocycles. The highest BCUT2D eigenvalue weighted by molar-refractivity contribution is 6.29. The lowest BCUT2D eigenvalue weighted by Crippen LogP contribution is -2.15. The first-order chi connectivity index (χ1) is 9.15. The monoisotopic (exact) mass is 275 g/mol. The van der Waals surface area contributed by atoms with Gasteiger partial charge < -0.3 is 5.11 Å². The Morgan fingerprint density at radius 3 is 2.16 bits per heavy atom. The second kappa shape index (κ2) is 6.34. The maximum Gasteiger partial charge on any atom is 0.321 e. The summed E-state index contributed by atoms with van der Waals surface area (Å²) in [5.41, 5.74) is 3.31. The van der Waals surface area contributed by atoms with E-state index in [1.54, 1.807) is 12.4 Å². The van der Waals surface area contributed by atoms with Gasteiger partial charge in [0.25, 0.3) is 0 Å². The average Bonchev–Trinajstić information content (AvgIpc) is 2.42. The molecule has 19 heavy (non-hydrogen) atoms. The van der Waals surface area contributed by atoms with Crippen LogP contribution in [-0.4, -0.2) is 21.4 Å². The molecular weight excluding hydrogens is 262 g/mol. The van der Waals surface area contributed by atoms with E-state index in [0.717, 1.165) is 12.0 Å². The van der Waals surface area contributed by atoms with Crippen LogP contribution in [0.1, 0.15) is 16.7 Å². The van der Waals surface area contributed by atoms with E-state index in [0.29, 0.717) is 6.42 Å². The summed E-state index contributed by atoms with van der Waals surface area (Å²) in [6, 6.07) is 11.8. The van der Waals surface area contributed by atoms with E-state index >= 15 is 0 Å². The van der Waals surface area contributed by atoms with Crippen LogP contribution in [0.4, 0.5) is 0 Å². The highest BCUT2D eigenvalue weighted by atomic mass is 35.5. The van der Waals surface area contributed by atoms with Gasteiger partial charge in [-0.05, 0) is 41.7 Å². The van der Waals surface area contributed by atoms with E-state index < -0.39 is 11.3 Å². The fourth-order valence-electron chi connectivity index (χ4n) is 1.82. The predicted molar refractivity (Wildman–Crippen MR) is 74.5 cm³/mol. The maximum absolute atomic E-state index is 10.7. The highest BCUT2D eigenvalue weighted by Crippen LogP contribution is 2.13. The zero-order valence-corrected chi connectivity index (χ0v) is 11.0. The Hall–Kier alpha value is -1.87. The van der Waals surface area contributed by atoms with Crippen LogP contribution in [0.5, 0.6) is 0 Å². The van der Waals surface area contributed by atoms with Crippen molar-refractivity contribution < 1.29 is 9.90 Å². The summed E-state index contributed by atoms with van der Waals surface area (Å²) >= 11 is 5.71. The van der Waals surface area contributed by atoms with E-state index in [1.807, 2.05) is 36.4 Å². The minimum Gasteiger partial charge on any atom is -0.480 e. The van der Waals surface area contributed by atoms with E-state index in [9.17, 15) is 4.79 Å². The normalized spacial score (nSPS) is 12.1. The van der Waals surface area contributed by atoms with Gasteiger partial charge in [-0.15, -0.1) is 11.6 Å². The van der Waals surface area contributed by atoms with Crippen LogP contribution < -0.4 is 0 Å². The van der Waals surface area contributed by atoms with Crippen molar-refractivity contribution in [2.75, 3.05) is 0 Å². The number of halogens is 1. The van der Waals surface area contributed by atoms with Gasteiger partial charge in [0.15, 0.2) is 0 Å². The van der Waals surface area contributed by atoms with Gasteiger partial charge in [0, 0.05) is 12.4 Å². The molecule has 1 N–H and O–H groups in total. The van der Waals surface area contributed by atoms with Gasteiger partial charge in [-0.2, -0.15) is 0 Å². The molecule has 0 saturated carbocycles. The Balaban J connectivity index is 2.01. The standard InChI is InChI=1S/C15H14ClNO2/c16-14(15(18)19)10-12-3-1-11(2-4-12)9-13-5-7-17-8-6-13/h1-8,14H,9-10H2,(H,18,19). The predicted octanol–water partition coefficient (Wildman–Crippen LogP) is 2.91. The van der Waals surface area contributed by atoms with E-state index in [1.165, 1.54) is 11.1 Å². The Morgan fingerprint density at radius 2 is 1.58 bits per heavy atom. The Kier molecular flexibility index (Phi) is 4.53. The molecule has 0 spiro atoms. The molecular formula is C15H14ClNO2. The number of rotatable bonds is 5. The van der Waals surface area contributed by atoms with Gasteiger partial charge in [-0.3, -0.25) is 9.78 Å². The van der Waals surface area contributed by atoms with Gasteiger partial charge in [0.05, 0.1) is 0 Å². The van der Waals surface area contributed by atoms with Crippen LogP contribution >= 0.6 is 11.6 Å². The Morgan fingerprint density at radius 1 is 1.05 bits per heavy atom. The maximum atomic E-state index is 10.7. The number of carboxylic acid groups (broad SMARTS) is 1. The summed E-state index contributed by atoms with van der Waals surface area (Å²) < 4.78 is 0. The zero-order chi connectivity index (χ0) is 13.7. The molecule has 2 aromatic rings. The molecule has 4 heteroatoms. The first kappa shape index (κ1) is 13.6. The number of aromatic nitrogens is 1. The third kappa shape index (κ3) is 4.07. The van der Waals surface area contributed by atoms with Crippen LogP contribution in [-0.2, 0) is 17.6 Å². The average molecular weight is 276 g/mol. The molecule has 2 rings (SSSR count). The molecule has 1 atom stereocenters. The summed E-state index contributed by atoms with van der Waals surface area (Å²) in [5.74, 6) is -0.984. The summed E-state index contributed by atoms with van der Waals surface area (Å²) in [7, 11) is 0. The van der Waals surface area contributed by atoms with Crippen LogP contribution in [0.2, 0.25) is 0 Å². The van der Waals surface area contributed by atoms with Crippen molar-refractivity contribution in [2.24, 2.45) is 0 Å². The fourth-order valence-corrected chi connectivity index (χ4v) is 2.00. The van der Waals surface area contributed by atoms with E-state index in [4.69, 9.17) is 16.7 Å². The van der Waals surface area contributed by atoms with Crippen molar-refractivity contribution in [2.45, 2.75) is 18.2 Å². The molecule has 0 bridgehead atoms. The molecule has 0 fully saturated rings. The number of nitrogens with zero attached hydrogens (tertiary/aromatic N) is 1. The first-order valence-electron chi connectivity index (χ1n) is 5.99. The molecule has 3 nitrogen and oxygen atoms in total. The third-order valence-electron chi connectivity index (χ3n) is 2.86. The van der Waals surface area contributed by atoms with Gasteiger partial charge in [0.2, 0.25) is 0 Å². The number of alkyl halides is 1. The lowest BCUT2D eigenvalue weighted by Gasteiger charge is -2.06. The Bertz CT molecular complexity index is 540. The lowest BCUT2D eigenvalue weighted by atomic mass is 10.0. The summed E-state index contributed by atoms with van der Waals surface area (Å²) in [6.45, 7) is 0. The lowest BCUT2D eigenvalue weighted by molar-refractivity contribution is -0.136. The van der Waals surface area contributed by atoms with Crippen molar-refractivity contribution in [3.05, 3.63) is 65.5 Å². The summed E-state index contributed by atoms with van der Waals surface area (Å²) in [6.07, 6.45) is 4.72. The van der Waals surface area contributed by atoms with Crippen molar-refractivity contribution in [1.29, 1.82) is 0 Å². The molecule has 0 aliphatic rings. The number of carboxylic acids is 1. The molecule has 0 amide bonds. The third-order valence-corrected chi connectivity index (χ3v) is 3.20. The largest absolute Gasteiger partial charge is 0.480 e. The topological polar surface area (TPSA) is 50.2 Å².